The van der Waals surface area contributed by atoms with Crippen molar-refractivity contribution >= 4 is 17.2 Å². The molecule has 1 N–H and O–H groups in total. The quantitative estimate of drug-likeness (QED) is 0.501. The van der Waals surface area contributed by atoms with Crippen LogP contribution in [0.15, 0.2) is 53.5 Å². The molecule has 3 aromatic rings. The summed E-state index contributed by atoms with van der Waals surface area (Å²) in [5, 5.41) is 14.8. The van der Waals surface area contributed by atoms with Gasteiger partial charge in [0, 0.05) is 6.20 Å². The second-order valence-electron chi connectivity index (χ2n) is 7.49. The van der Waals surface area contributed by atoms with Gasteiger partial charge in [-0.2, -0.15) is 0 Å². The third-order valence-electron chi connectivity index (χ3n) is 4.81. The van der Waals surface area contributed by atoms with Gasteiger partial charge in [0.1, 0.15) is 5.65 Å². The van der Waals surface area contributed by atoms with Crippen LogP contribution >= 0.6 is 0 Å². The van der Waals surface area contributed by atoms with Crippen LogP contribution in [0.2, 0.25) is 0 Å². The van der Waals surface area contributed by atoms with Crippen molar-refractivity contribution in [3.05, 3.63) is 80.3 Å². The SMILES string of the molecule is CC(C)c1ccc(C(Nc2nc3ccccn3c(=O)c2[N+](=O)[O-])C(C)C)cc1. The molecule has 1 aromatic carbocycles. The number of nitrogens with zero attached hydrogens (tertiary/aromatic N) is 3. The van der Waals surface area contributed by atoms with Gasteiger partial charge in [0.2, 0.25) is 5.82 Å². The molecule has 0 aliphatic carbocycles. The average Bonchev–Trinajstić information content (AvgIpc) is 2.65. The summed E-state index contributed by atoms with van der Waals surface area (Å²) >= 11 is 0. The highest BCUT2D eigenvalue weighted by Gasteiger charge is 2.27. The minimum absolute atomic E-state index is 0.00663. The van der Waals surface area contributed by atoms with Gasteiger partial charge in [-0.25, -0.2) is 4.98 Å². The van der Waals surface area contributed by atoms with E-state index in [4.69, 9.17) is 0 Å². The molecule has 28 heavy (non-hydrogen) atoms. The van der Waals surface area contributed by atoms with E-state index in [1.807, 2.05) is 26.0 Å². The summed E-state index contributed by atoms with van der Waals surface area (Å²) in [7, 11) is 0. The number of hydrogen-bond donors (Lipinski definition) is 1. The van der Waals surface area contributed by atoms with Crippen molar-refractivity contribution in [2.75, 3.05) is 5.32 Å². The topological polar surface area (TPSA) is 89.5 Å². The first-order valence-electron chi connectivity index (χ1n) is 9.31. The molecular formula is C21H24N4O3. The second-order valence-corrected chi connectivity index (χ2v) is 7.49. The summed E-state index contributed by atoms with van der Waals surface area (Å²) < 4.78 is 1.19. The summed E-state index contributed by atoms with van der Waals surface area (Å²) in [5.41, 5.74) is 1.32. The summed E-state index contributed by atoms with van der Waals surface area (Å²) in [6.45, 7) is 8.30. The van der Waals surface area contributed by atoms with Crippen LogP contribution in [-0.2, 0) is 0 Å². The van der Waals surface area contributed by atoms with Crippen molar-refractivity contribution in [2.24, 2.45) is 5.92 Å². The van der Waals surface area contributed by atoms with Crippen molar-refractivity contribution in [3.8, 4) is 0 Å². The van der Waals surface area contributed by atoms with Crippen molar-refractivity contribution in [2.45, 2.75) is 39.7 Å². The monoisotopic (exact) mass is 380 g/mol. The maximum Gasteiger partial charge on any atom is 0.376 e. The molecule has 0 saturated heterocycles. The molecule has 0 saturated carbocycles. The van der Waals surface area contributed by atoms with Gasteiger partial charge < -0.3 is 5.32 Å². The molecule has 2 heterocycles. The lowest BCUT2D eigenvalue weighted by molar-refractivity contribution is -0.385. The van der Waals surface area contributed by atoms with Crippen molar-refractivity contribution in [1.82, 2.24) is 9.38 Å². The van der Waals surface area contributed by atoms with E-state index in [9.17, 15) is 14.9 Å². The Balaban J connectivity index is 2.08. The van der Waals surface area contributed by atoms with Gasteiger partial charge in [-0.05, 0) is 35.1 Å². The van der Waals surface area contributed by atoms with Crippen LogP contribution in [0.3, 0.4) is 0 Å². The number of aromatic nitrogens is 2. The van der Waals surface area contributed by atoms with E-state index >= 15 is 0 Å². The lowest BCUT2D eigenvalue weighted by atomic mass is 9.93. The van der Waals surface area contributed by atoms with E-state index in [0.29, 0.717) is 11.6 Å². The summed E-state index contributed by atoms with van der Waals surface area (Å²) in [4.78, 5) is 27.9. The van der Waals surface area contributed by atoms with Crippen LogP contribution in [0.1, 0.15) is 50.8 Å². The van der Waals surface area contributed by atoms with Gasteiger partial charge in [-0.3, -0.25) is 19.3 Å². The van der Waals surface area contributed by atoms with Crippen LogP contribution in [0.25, 0.3) is 5.65 Å². The molecule has 0 spiro atoms. The summed E-state index contributed by atoms with van der Waals surface area (Å²) in [6.07, 6.45) is 1.48. The van der Waals surface area contributed by atoms with Gasteiger partial charge in [0.05, 0.1) is 11.0 Å². The normalized spacial score (nSPS) is 12.5. The molecule has 0 amide bonds. The number of fused-ring (bicyclic) bond motifs is 1. The van der Waals surface area contributed by atoms with Crippen LogP contribution in [0.4, 0.5) is 11.5 Å². The zero-order valence-corrected chi connectivity index (χ0v) is 16.4. The van der Waals surface area contributed by atoms with Crippen LogP contribution in [0.5, 0.6) is 0 Å². The molecule has 146 valence electrons. The minimum atomic E-state index is -0.698. The first kappa shape index (κ1) is 19.5. The predicted molar refractivity (Wildman–Crippen MR) is 110 cm³/mol. The molecule has 0 fully saturated rings. The standard InChI is InChI=1S/C21H24N4O3/c1-13(2)15-8-10-16(11-9-15)18(14(3)4)23-20-19(25(27)28)21(26)24-12-6-5-7-17(24)22-20/h5-14,18,23H,1-4H3. The van der Waals surface area contributed by atoms with E-state index in [1.54, 1.807) is 18.2 Å². The molecule has 3 rings (SSSR count). The van der Waals surface area contributed by atoms with E-state index in [-0.39, 0.29) is 17.8 Å². The highest BCUT2D eigenvalue weighted by atomic mass is 16.6. The fourth-order valence-electron chi connectivity index (χ4n) is 3.22. The van der Waals surface area contributed by atoms with Crippen molar-refractivity contribution in [3.63, 3.8) is 0 Å². The Morgan fingerprint density at radius 3 is 2.25 bits per heavy atom. The second kappa shape index (κ2) is 7.80. The Morgan fingerprint density at radius 2 is 1.68 bits per heavy atom. The molecular weight excluding hydrogens is 356 g/mol. The largest absolute Gasteiger partial charge is 0.376 e. The summed E-state index contributed by atoms with van der Waals surface area (Å²) in [5.74, 6) is 0.538. The maximum absolute atomic E-state index is 12.6. The minimum Gasteiger partial charge on any atom is -0.357 e. The Bertz CT molecular complexity index is 1060. The molecule has 1 atom stereocenters. The zero-order chi connectivity index (χ0) is 20.4. The molecule has 0 radical (unpaired) electrons. The van der Waals surface area contributed by atoms with E-state index in [0.717, 1.165) is 5.56 Å². The number of benzene rings is 1. The Hall–Kier alpha value is -3.22. The first-order chi connectivity index (χ1) is 13.3. The molecule has 1 unspecified atom stereocenters. The molecule has 2 aromatic heterocycles. The van der Waals surface area contributed by atoms with Gasteiger partial charge >= 0.3 is 11.2 Å². The zero-order valence-electron chi connectivity index (χ0n) is 16.4. The van der Waals surface area contributed by atoms with Gasteiger partial charge in [-0.1, -0.05) is 58.0 Å². The van der Waals surface area contributed by atoms with Gasteiger partial charge in [0.15, 0.2) is 0 Å². The predicted octanol–water partition coefficient (Wildman–Crippen LogP) is 4.54. The molecule has 7 nitrogen and oxygen atoms in total. The van der Waals surface area contributed by atoms with Gasteiger partial charge in [-0.15, -0.1) is 0 Å². The third-order valence-corrected chi connectivity index (χ3v) is 4.81. The summed E-state index contributed by atoms with van der Waals surface area (Å²) in [6, 6.07) is 13.0. The Labute approximate surface area is 163 Å². The third kappa shape index (κ3) is 3.74. The smallest absolute Gasteiger partial charge is 0.357 e. The number of pyridine rings is 1. The average molecular weight is 380 g/mol. The number of anilines is 1. The highest BCUT2D eigenvalue weighted by molar-refractivity contribution is 5.60. The fraction of sp³-hybridized carbons (Fsp3) is 0.333. The van der Waals surface area contributed by atoms with E-state index in [2.05, 4.69) is 36.3 Å². The molecule has 0 bridgehead atoms. The van der Waals surface area contributed by atoms with Gasteiger partial charge in [0.25, 0.3) is 0 Å². The first-order valence-corrected chi connectivity index (χ1v) is 9.31. The fourth-order valence-corrected chi connectivity index (χ4v) is 3.22. The van der Waals surface area contributed by atoms with Crippen LogP contribution < -0.4 is 10.9 Å². The highest BCUT2D eigenvalue weighted by Crippen LogP contribution is 2.30. The number of nitrogens with one attached hydrogen (secondary N) is 1. The van der Waals surface area contributed by atoms with Crippen LogP contribution in [-0.4, -0.2) is 14.3 Å². The Morgan fingerprint density at radius 1 is 1.04 bits per heavy atom. The van der Waals surface area contributed by atoms with Crippen molar-refractivity contribution in [1.29, 1.82) is 0 Å². The molecule has 0 aliphatic rings. The number of hydrogen-bond acceptors (Lipinski definition) is 5. The van der Waals surface area contributed by atoms with E-state index < -0.39 is 16.2 Å². The van der Waals surface area contributed by atoms with Crippen molar-refractivity contribution < 1.29 is 4.92 Å². The van der Waals surface area contributed by atoms with E-state index in [1.165, 1.54) is 16.2 Å². The van der Waals surface area contributed by atoms with Crippen LogP contribution in [0, 0.1) is 16.0 Å². The maximum atomic E-state index is 12.6. The Kier molecular flexibility index (Phi) is 5.44. The number of nitro groups is 1. The molecule has 7 heteroatoms. The number of rotatable bonds is 6. The molecule has 0 aliphatic heterocycles. The lowest BCUT2D eigenvalue weighted by Crippen LogP contribution is -2.24. The lowest BCUT2D eigenvalue weighted by Gasteiger charge is -2.24.